The van der Waals surface area contributed by atoms with Crippen molar-refractivity contribution < 1.29 is 22.9 Å². The van der Waals surface area contributed by atoms with E-state index in [0.29, 0.717) is 30.4 Å². The summed E-state index contributed by atoms with van der Waals surface area (Å²) in [4.78, 5) is 25.0. The van der Waals surface area contributed by atoms with Crippen LogP contribution in [0.15, 0.2) is 21.7 Å². The van der Waals surface area contributed by atoms with Gasteiger partial charge in [-0.2, -0.15) is 4.31 Å². The summed E-state index contributed by atoms with van der Waals surface area (Å²) in [5, 5.41) is 7.01. The zero-order valence-corrected chi connectivity index (χ0v) is 16.9. The number of hydrogen-bond acceptors (Lipinski definition) is 5. The van der Waals surface area contributed by atoms with Gasteiger partial charge in [0.1, 0.15) is 4.21 Å². The number of sulfonamides is 1. The Labute approximate surface area is 164 Å². The second kappa shape index (κ2) is 9.13. The summed E-state index contributed by atoms with van der Waals surface area (Å²) in [6.45, 7) is 2.00. The largest absolute Gasteiger partial charge is 0.335 e. The number of hydrogen-bond donors (Lipinski definition) is 3. The molecule has 2 fully saturated rings. The summed E-state index contributed by atoms with van der Waals surface area (Å²) < 4.78 is 26.8. The first-order chi connectivity index (χ1) is 12.9. The van der Waals surface area contributed by atoms with Gasteiger partial charge in [-0.05, 0) is 24.3 Å². The maximum atomic E-state index is 12.5. The molecule has 0 bridgehead atoms. The van der Waals surface area contributed by atoms with Crippen molar-refractivity contribution >= 4 is 33.3 Å². The quantitative estimate of drug-likeness (QED) is 0.620. The van der Waals surface area contributed by atoms with Gasteiger partial charge in [-0.1, -0.05) is 25.3 Å². The number of imide groups is 1. The SMILES string of the molecule is O=C(C[NH+]1CCN(S(=O)(=O)c2cccs2)CC1)NC(=O)NC1CCCCC1. The van der Waals surface area contributed by atoms with Gasteiger partial charge in [0.2, 0.25) is 0 Å². The van der Waals surface area contributed by atoms with Gasteiger partial charge in [0.05, 0.1) is 26.2 Å². The lowest BCUT2D eigenvalue weighted by atomic mass is 9.96. The van der Waals surface area contributed by atoms with Gasteiger partial charge in [0, 0.05) is 6.04 Å². The van der Waals surface area contributed by atoms with Crippen LogP contribution in [-0.4, -0.2) is 63.4 Å². The van der Waals surface area contributed by atoms with Crippen LogP contribution >= 0.6 is 11.3 Å². The molecular weight excluding hydrogens is 388 g/mol. The van der Waals surface area contributed by atoms with Crippen LogP contribution in [0, 0.1) is 0 Å². The van der Waals surface area contributed by atoms with Gasteiger partial charge in [0.25, 0.3) is 15.9 Å². The second-order valence-corrected chi connectivity index (χ2v) is 10.2. The lowest BCUT2D eigenvalue weighted by Gasteiger charge is -2.30. The molecular formula is C17H27N4O4S2+. The topological polar surface area (TPSA) is 100 Å². The molecule has 1 aliphatic carbocycles. The van der Waals surface area contributed by atoms with Gasteiger partial charge >= 0.3 is 6.03 Å². The van der Waals surface area contributed by atoms with Gasteiger partial charge < -0.3 is 10.2 Å². The van der Waals surface area contributed by atoms with Crippen molar-refractivity contribution in [2.45, 2.75) is 42.4 Å². The van der Waals surface area contributed by atoms with E-state index in [-0.39, 0.29) is 18.5 Å². The summed E-state index contributed by atoms with van der Waals surface area (Å²) >= 11 is 1.21. The van der Waals surface area contributed by atoms with Crippen LogP contribution in [0.5, 0.6) is 0 Å². The lowest BCUT2D eigenvalue weighted by molar-refractivity contribution is -0.895. The molecule has 3 amide bonds. The molecule has 0 spiro atoms. The van der Waals surface area contributed by atoms with Crippen LogP contribution < -0.4 is 15.5 Å². The van der Waals surface area contributed by atoms with Gasteiger partial charge in [-0.25, -0.2) is 13.2 Å². The van der Waals surface area contributed by atoms with E-state index in [1.54, 1.807) is 17.5 Å². The molecule has 1 aromatic rings. The zero-order valence-electron chi connectivity index (χ0n) is 15.3. The Bertz CT molecular complexity index is 737. The van der Waals surface area contributed by atoms with E-state index >= 15 is 0 Å². The van der Waals surface area contributed by atoms with E-state index in [1.165, 1.54) is 22.1 Å². The summed E-state index contributed by atoms with van der Waals surface area (Å²) in [6, 6.07) is 3.06. The third kappa shape index (κ3) is 5.50. The minimum absolute atomic E-state index is 0.157. The molecule has 2 heterocycles. The lowest BCUT2D eigenvalue weighted by Crippen LogP contribution is -3.15. The Hall–Kier alpha value is -1.49. The molecule has 2 aliphatic rings. The predicted octanol–water partition coefficient (Wildman–Crippen LogP) is -0.204. The second-order valence-electron chi connectivity index (χ2n) is 7.12. The average Bonchev–Trinajstić information content (AvgIpc) is 3.18. The maximum Gasteiger partial charge on any atom is 0.321 e. The average molecular weight is 416 g/mol. The van der Waals surface area contributed by atoms with Gasteiger partial charge in [0.15, 0.2) is 6.54 Å². The molecule has 3 rings (SSSR count). The van der Waals surface area contributed by atoms with Crippen LogP contribution in [0.3, 0.4) is 0 Å². The minimum Gasteiger partial charge on any atom is -0.335 e. The summed E-state index contributed by atoms with van der Waals surface area (Å²) in [5.74, 6) is -0.326. The Kier molecular flexibility index (Phi) is 6.85. The molecule has 0 unspecified atom stereocenters. The highest BCUT2D eigenvalue weighted by Gasteiger charge is 2.31. The number of carbonyl (C=O) groups is 2. The van der Waals surface area contributed by atoms with E-state index in [1.807, 2.05) is 0 Å². The molecule has 3 N–H and O–H groups in total. The first-order valence-electron chi connectivity index (χ1n) is 9.43. The molecule has 0 radical (unpaired) electrons. The number of amides is 3. The van der Waals surface area contributed by atoms with Crippen LogP contribution in [0.2, 0.25) is 0 Å². The molecule has 10 heteroatoms. The molecule has 8 nitrogen and oxygen atoms in total. The molecule has 150 valence electrons. The van der Waals surface area contributed by atoms with Gasteiger partial charge in [-0.15, -0.1) is 11.3 Å². The molecule has 1 aliphatic heterocycles. The van der Waals surface area contributed by atoms with E-state index in [0.717, 1.165) is 30.6 Å². The molecule has 1 saturated carbocycles. The van der Waals surface area contributed by atoms with Crippen molar-refractivity contribution in [3.8, 4) is 0 Å². The van der Waals surface area contributed by atoms with Crippen LogP contribution in [0.25, 0.3) is 0 Å². The molecule has 1 aromatic heterocycles. The van der Waals surface area contributed by atoms with E-state index in [9.17, 15) is 18.0 Å². The molecule has 27 heavy (non-hydrogen) atoms. The van der Waals surface area contributed by atoms with Crippen LogP contribution in [-0.2, 0) is 14.8 Å². The van der Waals surface area contributed by atoms with Crippen molar-refractivity contribution in [1.82, 2.24) is 14.9 Å². The smallest absolute Gasteiger partial charge is 0.321 e. The fraction of sp³-hybridized carbons (Fsp3) is 0.647. The first kappa shape index (κ1) is 20.2. The van der Waals surface area contributed by atoms with E-state index < -0.39 is 16.1 Å². The van der Waals surface area contributed by atoms with Crippen LogP contribution in [0.1, 0.15) is 32.1 Å². The zero-order chi connectivity index (χ0) is 19.3. The minimum atomic E-state index is -3.43. The molecule has 1 saturated heterocycles. The number of nitrogens with one attached hydrogen (secondary N) is 3. The molecule has 0 atom stereocenters. The fourth-order valence-electron chi connectivity index (χ4n) is 3.62. The van der Waals surface area contributed by atoms with Crippen LogP contribution in [0.4, 0.5) is 4.79 Å². The Morgan fingerprint density at radius 3 is 2.52 bits per heavy atom. The Morgan fingerprint density at radius 1 is 1.19 bits per heavy atom. The highest BCUT2D eigenvalue weighted by atomic mass is 32.2. The fourth-order valence-corrected chi connectivity index (χ4v) is 6.21. The Morgan fingerprint density at radius 2 is 1.89 bits per heavy atom. The van der Waals surface area contributed by atoms with Crippen molar-refractivity contribution in [1.29, 1.82) is 0 Å². The summed E-state index contributed by atoms with van der Waals surface area (Å²) in [7, 11) is -3.43. The third-order valence-electron chi connectivity index (χ3n) is 5.12. The summed E-state index contributed by atoms with van der Waals surface area (Å²) in [6.07, 6.45) is 5.36. The van der Waals surface area contributed by atoms with Crippen molar-refractivity contribution in [2.75, 3.05) is 32.7 Å². The highest BCUT2D eigenvalue weighted by molar-refractivity contribution is 7.91. The monoisotopic (exact) mass is 415 g/mol. The molecule has 0 aromatic carbocycles. The number of carbonyl (C=O) groups excluding carboxylic acids is 2. The standard InChI is InChI=1S/C17H26N4O4S2/c22-15(19-17(23)18-14-5-2-1-3-6-14)13-20-8-10-21(11-9-20)27(24,25)16-7-4-12-26-16/h4,7,12,14H,1-3,5-6,8-11,13H2,(H2,18,19,22,23)/p+1. The predicted molar refractivity (Wildman–Crippen MR) is 102 cm³/mol. The van der Waals surface area contributed by atoms with E-state index in [4.69, 9.17) is 0 Å². The van der Waals surface area contributed by atoms with Crippen molar-refractivity contribution in [2.24, 2.45) is 0 Å². The van der Waals surface area contributed by atoms with Crippen molar-refractivity contribution in [3.63, 3.8) is 0 Å². The maximum absolute atomic E-state index is 12.5. The first-order valence-corrected chi connectivity index (χ1v) is 11.7. The number of rotatable bonds is 5. The number of piperazine rings is 1. The number of thiophene rings is 1. The highest BCUT2D eigenvalue weighted by Crippen LogP contribution is 2.20. The third-order valence-corrected chi connectivity index (χ3v) is 8.39. The normalized spacial score (nSPS) is 20.3. The number of urea groups is 1. The van der Waals surface area contributed by atoms with E-state index in [2.05, 4.69) is 10.6 Å². The van der Waals surface area contributed by atoms with Crippen molar-refractivity contribution in [3.05, 3.63) is 17.5 Å². The summed E-state index contributed by atoms with van der Waals surface area (Å²) in [5.41, 5.74) is 0. The Balaban J connectivity index is 1.41. The number of quaternary nitrogens is 1. The number of nitrogens with zero attached hydrogens (tertiary/aromatic N) is 1. The van der Waals surface area contributed by atoms with Gasteiger partial charge in [-0.3, -0.25) is 10.1 Å².